The maximum atomic E-state index is 6.80. The number of rotatable bonds is 5. The molecule has 0 unspecified atom stereocenters. The number of allylic oxidation sites excluding steroid dienone is 2. The van der Waals surface area contributed by atoms with Crippen molar-refractivity contribution >= 4 is 37.6 Å². The first kappa shape index (κ1) is 23.1. The van der Waals surface area contributed by atoms with Gasteiger partial charge in [0.2, 0.25) is 0 Å². The Labute approximate surface area is 222 Å². The summed E-state index contributed by atoms with van der Waals surface area (Å²) in [5.41, 5.74) is 7.35. The normalized spacial score (nSPS) is 14.5. The fourth-order valence-electron chi connectivity index (χ4n) is 5.67. The van der Waals surface area contributed by atoms with Crippen molar-refractivity contribution in [2.24, 2.45) is 0 Å². The zero-order valence-electron chi connectivity index (χ0n) is 20.5. The molecule has 1 heterocycles. The van der Waals surface area contributed by atoms with Crippen LogP contribution >= 0.6 is 0 Å². The molecule has 1 aliphatic heterocycles. The second-order valence-corrected chi connectivity index (χ2v) is 16.3. The molecular weight excluding hydrogens is 505 g/mol. The van der Waals surface area contributed by atoms with Gasteiger partial charge in [0, 0.05) is 0 Å². The van der Waals surface area contributed by atoms with Gasteiger partial charge in [0.05, 0.1) is 0 Å². The summed E-state index contributed by atoms with van der Waals surface area (Å²) in [4.78, 5) is 0. The Morgan fingerprint density at radius 2 is 0.676 bits per heavy atom. The maximum absolute atomic E-state index is 6.80. The van der Waals surface area contributed by atoms with Crippen LogP contribution in [-0.2, 0) is 0 Å². The summed E-state index contributed by atoms with van der Waals surface area (Å²) in [6, 6.07) is 54.0. The third-order valence-corrected chi connectivity index (χ3v) is 16.0. The summed E-state index contributed by atoms with van der Waals surface area (Å²) in [7, 11) is 0. The van der Waals surface area contributed by atoms with Crippen molar-refractivity contribution in [2.45, 2.75) is 0 Å². The van der Waals surface area contributed by atoms with E-state index in [9.17, 15) is 0 Å². The monoisotopic (exact) mass is 532 g/mol. The van der Waals surface area contributed by atoms with Gasteiger partial charge in [-0.3, -0.25) is 0 Å². The number of hydrogen-bond donors (Lipinski definition) is 0. The van der Waals surface area contributed by atoms with Crippen LogP contribution in [0, 0.1) is 11.2 Å². The average Bonchev–Trinajstić information content (AvgIpc) is 3.31. The summed E-state index contributed by atoms with van der Waals surface area (Å²) in [6.07, 6.45) is 6.80. The van der Waals surface area contributed by atoms with Gasteiger partial charge in [0.1, 0.15) is 0 Å². The fraction of sp³-hybridized carbons (Fsp3) is 0. The van der Waals surface area contributed by atoms with E-state index in [0.29, 0.717) is 0 Å². The number of terminal acetylenes is 1. The van der Waals surface area contributed by atoms with E-state index < -0.39 is 13.3 Å². The summed E-state index contributed by atoms with van der Waals surface area (Å²) >= 11 is -3.68. The molecule has 0 aromatic heterocycles. The predicted octanol–water partition coefficient (Wildman–Crippen LogP) is 7.83. The van der Waals surface area contributed by atoms with E-state index in [4.69, 9.17) is 6.42 Å². The van der Waals surface area contributed by atoms with E-state index in [2.05, 4.69) is 156 Å². The minimum absolute atomic E-state index is 1.20. The van der Waals surface area contributed by atoms with Crippen LogP contribution in [-0.4, -0.2) is 13.3 Å². The third kappa shape index (κ3) is 3.89. The van der Waals surface area contributed by atoms with Crippen molar-refractivity contribution in [3.05, 3.63) is 174 Å². The van der Waals surface area contributed by atoms with Gasteiger partial charge in [0.25, 0.3) is 0 Å². The molecule has 0 N–H and O–H groups in total. The molecule has 0 amide bonds. The van der Waals surface area contributed by atoms with E-state index >= 15 is 0 Å². The van der Waals surface area contributed by atoms with Gasteiger partial charge in [-0.25, -0.2) is 0 Å². The van der Waals surface area contributed by atoms with Gasteiger partial charge in [0.15, 0.2) is 0 Å². The van der Waals surface area contributed by atoms with Crippen LogP contribution in [0.15, 0.2) is 152 Å². The SMILES string of the molecule is C#[C][Ge]1([c]2ccccc2)[C](c2ccccc2)=C(c2ccccc2)C(c2ccccc2)=[C]1c1ccccc1. The Balaban J connectivity index is 1.86. The first-order chi connectivity index (χ1) is 18.3. The Morgan fingerprint density at radius 3 is 1.00 bits per heavy atom. The van der Waals surface area contributed by atoms with E-state index in [0.717, 1.165) is 0 Å². The van der Waals surface area contributed by atoms with Gasteiger partial charge in [-0.1, -0.05) is 0 Å². The molecule has 5 aromatic rings. The van der Waals surface area contributed by atoms with Crippen molar-refractivity contribution < 1.29 is 0 Å². The van der Waals surface area contributed by atoms with Crippen LogP contribution in [0.2, 0.25) is 0 Å². The first-order valence-corrected chi connectivity index (χ1v) is 16.8. The number of hydrogen-bond acceptors (Lipinski definition) is 0. The Bertz CT molecular complexity index is 1520. The van der Waals surface area contributed by atoms with Crippen molar-refractivity contribution in [3.63, 3.8) is 0 Å². The topological polar surface area (TPSA) is 0 Å². The van der Waals surface area contributed by atoms with Crippen molar-refractivity contribution in [2.75, 3.05) is 0 Å². The first-order valence-electron chi connectivity index (χ1n) is 12.6. The van der Waals surface area contributed by atoms with Gasteiger partial charge >= 0.3 is 223 Å². The summed E-state index contributed by atoms with van der Waals surface area (Å²) in [5, 5.41) is 0. The van der Waals surface area contributed by atoms with Crippen molar-refractivity contribution in [3.8, 4) is 11.2 Å². The van der Waals surface area contributed by atoms with Crippen molar-refractivity contribution in [1.82, 2.24) is 0 Å². The third-order valence-electron chi connectivity index (χ3n) is 7.17. The predicted molar refractivity (Wildman–Crippen MR) is 160 cm³/mol. The van der Waals surface area contributed by atoms with Crippen LogP contribution in [0.25, 0.3) is 20.0 Å². The average molecular weight is 531 g/mol. The molecule has 37 heavy (non-hydrogen) atoms. The van der Waals surface area contributed by atoms with Gasteiger partial charge < -0.3 is 0 Å². The summed E-state index contributed by atoms with van der Waals surface area (Å²) in [5.74, 6) is 0. The molecule has 0 saturated heterocycles. The molecular formula is C36H26Ge. The molecule has 6 rings (SSSR count). The summed E-state index contributed by atoms with van der Waals surface area (Å²) < 4.78 is 7.51. The fourth-order valence-corrected chi connectivity index (χ4v) is 15.0. The Kier molecular flexibility index (Phi) is 6.23. The second kappa shape index (κ2) is 9.98. The molecule has 0 saturated carbocycles. The molecule has 5 aromatic carbocycles. The zero-order valence-corrected chi connectivity index (χ0v) is 22.6. The van der Waals surface area contributed by atoms with Crippen LogP contribution < -0.4 is 4.40 Å². The molecule has 0 radical (unpaired) electrons. The van der Waals surface area contributed by atoms with Crippen LogP contribution in [0.1, 0.15) is 22.3 Å². The van der Waals surface area contributed by atoms with E-state index in [1.165, 1.54) is 46.6 Å². The Hall–Kier alpha value is -4.32. The zero-order chi connectivity index (χ0) is 25.1. The van der Waals surface area contributed by atoms with E-state index in [-0.39, 0.29) is 0 Å². The van der Waals surface area contributed by atoms with Gasteiger partial charge in [-0.15, -0.1) is 0 Å². The van der Waals surface area contributed by atoms with E-state index in [1.54, 1.807) is 0 Å². The molecule has 0 fully saturated rings. The van der Waals surface area contributed by atoms with Crippen LogP contribution in [0.5, 0.6) is 0 Å². The summed E-state index contributed by atoms with van der Waals surface area (Å²) in [6.45, 7) is 0. The number of benzene rings is 5. The molecule has 174 valence electrons. The van der Waals surface area contributed by atoms with Gasteiger partial charge in [-0.2, -0.15) is 0 Å². The molecule has 0 nitrogen and oxygen atoms in total. The quantitative estimate of drug-likeness (QED) is 0.160. The van der Waals surface area contributed by atoms with Crippen LogP contribution in [0.3, 0.4) is 0 Å². The van der Waals surface area contributed by atoms with Crippen molar-refractivity contribution in [1.29, 1.82) is 0 Å². The second-order valence-electron chi connectivity index (χ2n) is 9.22. The molecule has 0 spiro atoms. The van der Waals surface area contributed by atoms with E-state index in [1.807, 2.05) is 0 Å². The molecule has 1 heteroatoms. The molecule has 0 aliphatic carbocycles. The van der Waals surface area contributed by atoms with Gasteiger partial charge in [-0.05, 0) is 0 Å². The van der Waals surface area contributed by atoms with Crippen LogP contribution in [0.4, 0.5) is 0 Å². The Morgan fingerprint density at radius 1 is 0.378 bits per heavy atom. The molecule has 0 bridgehead atoms. The minimum atomic E-state index is -3.68. The molecule has 1 aliphatic rings. The standard InChI is InChI=1S/C36H26Ge/c1-2-37(32-26-16-7-17-27-32)35(30-22-12-5-13-23-30)33(28-18-8-3-9-19-28)34(29-20-10-4-11-21-29)36(37)31-24-14-6-15-25-31/h1,3-27H. The molecule has 0 atom stereocenters.